The second kappa shape index (κ2) is 6.86. The van der Waals surface area contributed by atoms with Crippen molar-refractivity contribution in [2.24, 2.45) is 0 Å². The van der Waals surface area contributed by atoms with E-state index in [4.69, 9.17) is 12.2 Å². The first-order chi connectivity index (χ1) is 11.3. The number of hydrogen-bond donors (Lipinski definition) is 1. The molecule has 0 radical (unpaired) electrons. The molecule has 0 atom stereocenters. The molecule has 0 aliphatic heterocycles. The van der Waals surface area contributed by atoms with E-state index >= 15 is 0 Å². The van der Waals surface area contributed by atoms with Crippen LogP contribution in [0.4, 0.5) is 5.82 Å². The molecule has 0 saturated heterocycles. The highest BCUT2D eigenvalue weighted by atomic mass is 32.1. The third-order valence-corrected chi connectivity index (χ3v) is 3.82. The van der Waals surface area contributed by atoms with Gasteiger partial charge in [0.05, 0.1) is 0 Å². The standard InChI is InChI=1S/C18H14N4S/c19-11-16-17(20-12-14-7-3-1-4-8-14)21-13-22(18(16)23)15-9-5-2-6-10-15/h1-10,13,20H,12H2. The number of nitrogens with zero attached hydrogens (tertiary/aromatic N) is 3. The Morgan fingerprint density at radius 1 is 1.04 bits per heavy atom. The Bertz CT molecular complexity index is 896. The maximum absolute atomic E-state index is 9.46. The summed E-state index contributed by atoms with van der Waals surface area (Å²) in [5.74, 6) is 0.508. The van der Waals surface area contributed by atoms with Crippen molar-refractivity contribution in [1.82, 2.24) is 9.55 Å². The quantitative estimate of drug-likeness (QED) is 0.736. The average molecular weight is 318 g/mol. The third kappa shape index (κ3) is 3.28. The van der Waals surface area contributed by atoms with Gasteiger partial charge in [-0.05, 0) is 17.7 Å². The van der Waals surface area contributed by atoms with E-state index in [-0.39, 0.29) is 0 Å². The summed E-state index contributed by atoms with van der Waals surface area (Å²) in [5.41, 5.74) is 2.38. The summed E-state index contributed by atoms with van der Waals surface area (Å²) in [6.07, 6.45) is 1.64. The van der Waals surface area contributed by atoms with Crippen molar-refractivity contribution in [2.45, 2.75) is 6.54 Å². The lowest BCUT2D eigenvalue weighted by atomic mass is 10.2. The largest absolute Gasteiger partial charge is 0.365 e. The van der Waals surface area contributed by atoms with Gasteiger partial charge in [0.2, 0.25) is 0 Å². The first-order valence-corrected chi connectivity index (χ1v) is 7.55. The van der Waals surface area contributed by atoms with Crippen molar-refractivity contribution >= 4 is 18.0 Å². The number of benzene rings is 2. The van der Waals surface area contributed by atoms with Crippen LogP contribution in [0.5, 0.6) is 0 Å². The van der Waals surface area contributed by atoms with Gasteiger partial charge in [0.25, 0.3) is 0 Å². The summed E-state index contributed by atoms with van der Waals surface area (Å²) in [4.78, 5) is 4.36. The summed E-state index contributed by atoms with van der Waals surface area (Å²) in [6.45, 7) is 0.590. The van der Waals surface area contributed by atoms with Crippen LogP contribution < -0.4 is 5.32 Å². The molecular weight excluding hydrogens is 304 g/mol. The molecule has 0 spiro atoms. The molecule has 0 saturated carbocycles. The van der Waals surface area contributed by atoms with Gasteiger partial charge in [0.1, 0.15) is 28.4 Å². The molecule has 3 aromatic rings. The molecule has 3 rings (SSSR count). The number of nitriles is 1. The molecule has 2 aromatic carbocycles. The van der Waals surface area contributed by atoms with Crippen molar-refractivity contribution in [3.63, 3.8) is 0 Å². The molecule has 1 N–H and O–H groups in total. The molecule has 0 fully saturated rings. The van der Waals surface area contributed by atoms with Gasteiger partial charge in [0, 0.05) is 12.2 Å². The fourth-order valence-electron chi connectivity index (χ4n) is 2.24. The molecule has 0 bridgehead atoms. The number of para-hydroxylation sites is 1. The fraction of sp³-hybridized carbons (Fsp3) is 0.0556. The van der Waals surface area contributed by atoms with Crippen LogP contribution in [0.3, 0.4) is 0 Å². The first-order valence-electron chi connectivity index (χ1n) is 7.14. The molecule has 0 unspecified atom stereocenters. The maximum Gasteiger partial charge on any atom is 0.149 e. The van der Waals surface area contributed by atoms with Gasteiger partial charge in [-0.2, -0.15) is 5.26 Å². The van der Waals surface area contributed by atoms with Gasteiger partial charge >= 0.3 is 0 Å². The smallest absolute Gasteiger partial charge is 0.149 e. The van der Waals surface area contributed by atoms with Gasteiger partial charge in [-0.15, -0.1) is 0 Å². The van der Waals surface area contributed by atoms with E-state index < -0.39 is 0 Å². The van der Waals surface area contributed by atoms with Crippen LogP contribution in [-0.4, -0.2) is 9.55 Å². The highest BCUT2D eigenvalue weighted by Crippen LogP contribution is 2.17. The molecule has 0 aliphatic rings. The molecule has 0 amide bonds. The Hall–Kier alpha value is -2.97. The molecule has 4 nitrogen and oxygen atoms in total. The van der Waals surface area contributed by atoms with Crippen LogP contribution in [0.25, 0.3) is 5.69 Å². The van der Waals surface area contributed by atoms with Crippen molar-refractivity contribution in [1.29, 1.82) is 5.26 Å². The SMILES string of the molecule is N#Cc1c(NCc2ccccc2)ncn(-c2ccccc2)c1=S. The Balaban J connectivity index is 1.93. The monoisotopic (exact) mass is 318 g/mol. The Kier molecular flexibility index (Phi) is 4.46. The van der Waals surface area contributed by atoms with E-state index in [9.17, 15) is 5.26 Å². The zero-order chi connectivity index (χ0) is 16.1. The number of rotatable bonds is 4. The lowest BCUT2D eigenvalue weighted by Crippen LogP contribution is -2.08. The van der Waals surface area contributed by atoms with Crippen molar-refractivity contribution in [3.05, 3.63) is 82.8 Å². The normalized spacial score (nSPS) is 10.0. The molecular formula is C18H14N4S. The summed E-state index contributed by atoms with van der Waals surface area (Å²) in [6, 6.07) is 21.7. The third-order valence-electron chi connectivity index (χ3n) is 3.42. The van der Waals surface area contributed by atoms with E-state index in [0.717, 1.165) is 11.3 Å². The minimum atomic E-state index is 0.377. The zero-order valence-electron chi connectivity index (χ0n) is 12.3. The van der Waals surface area contributed by atoms with Gasteiger partial charge in [-0.25, -0.2) is 4.98 Å². The van der Waals surface area contributed by atoms with E-state index in [0.29, 0.717) is 22.6 Å². The van der Waals surface area contributed by atoms with Crippen molar-refractivity contribution in [2.75, 3.05) is 5.32 Å². The van der Waals surface area contributed by atoms with Crippen molar-refractivity contribution < 1.29 is 0 Å². The topological polar surface area (TPSA) is 53.6 Å². The lowest BCUT2D eigenvalue weighted by molar-refractivity contribution is 0.949. The van der Waals surface area contributed by atoms with Crippen LogP contribution in [0.15, 0.2) is 67.0 Å². The summed E-state index contributed by atoms with van der Waals surface area (Å²) < 4.78 is 2.19. The second-order valence-corrected chi connectivity index (χ2v) is 5.32. The number of anilines is 1. The Morgan fingerprint density at radius 3 is 2.35 bits per heavy atom. The van der Waals surface area contributed by atoms with Crippen LogP contribution >= 0.6 is 12.2 Å². The van der Waals surface area contributed by atoms with E-state index in [1.807, 2.05) is 60.7 Å². The molecule has 1 heterocycles. The summed E-state index contributed by atoms with van der Waals surface area (Å²) in [5, 5.41) is 12.6. The molecule has 23 heavy (non-hydrogen) atoms. The lowest BCUT2D eigenvalue weighted by Gasteiger charge is -2.11. The summed E-state index contributed by atoms with van der Waals surface area (Å²) >= 11 is 5.45. The first kappa shape index (κ1) is 14.9. The molecule has 112 valence electrons. The van der Waals surface area contributed by atoms with Crippen LogP contribution in [0.2, 0.25) is 0 Å². The van der Waals surface area contributed by atoms with Crippen molar-refractivity contribution in [3.8, 4) is 11.8 Å². The average Bonchev–Trinajstić information content (AvgIpc) is 2.61. The van der Waals surface area contributed by atoms with E-state index in [2.05, 4.69) is 16.4 Å². The van der Waals surface area contributed by atoms with Crippen LogP contribution in [0, 0.1) is 16.0 Å². The number of hydrogen-bond acceptors (Lipinski definition) is 4. The van der Waals surface area contributed by atoms with E-state index in [1.165, 1.54) is 0 Å². The molecule has 1 aromatic heterocycles. The summed E-state index contributed by atoms with van der Waals surface area (Å²) in [7, 11) is 0. The Morgan fingerprint density at radius 2 is 1.70 bits per heavy atom. The minimum absolute atomic E-state index is 0.377. The van der Waals surface area contributed by atoms with E-state index in [1.54, 1.807) is 10.9 Å². The van der Waals surface area contributed by atoms with Gasteiger partial charge in [-0.1, -0.05) is 60.7 Å². The predicted octanol–water partition coefficient (Wildman–Crippen LogP) is 4.09. The van der Waals surface area contributed by atoms with Gasteiger partial charge in [-0.3, -0.25) is 4.57 Å². The minimum Gasteiger partial charge on any atom is -0.365 e. The van der Waals surface area contributed by atoms with Crippen LogP contribution in [0.1, 0.15) is 11.1 Å². The van der Waals surface area contributed by atoms with Crippen LogP contribution in [-0.2, 0) is 6.54 Å². The number of nitrogens with one attached hydrogen (secondary N) is 1. The molecule has 0 aliphatic carbocycles. The maximum atomic E-state index is 9.46. The predicted molar refractivity (Wildman–Crippen MR) is 92.9 cm³/mol. The molecule has 5 heteroatoms. The van der Waals surface area contributed by atoms with Gasteiger partial charge in [0.15, 0.2) is 0 Å². The Labute approximate surface area is 139 Å². The van der Waals surface area contributed by atoms with Gasteiger partial charge < -0.3 is 5.32 Å². The second-order valence-electron chi connectivity index (χ2n) is 4.93. The highest BCUT2D eigenvalue weighted by Gasteiger charge is 2.09. The number of aromatic nitrogens is 2. The fourth-order valence-corrected chi connectivity index (χ4v) is 2.54. The zero-order valence-corrected chi connectivity index (χ0v) is 13.1. The highest BCUT2D eigenvalue weighted by molar-refractivity contribution is 7.71.